The average molecular weight is 391 g/mol. The lowest BCUT2D eigenvalue weighted by Crippen LogP contribution is -1.97. The Balaban J connectivity index is 2.06. The maximum Gasteiger partial charge on any atom is 0.216 e. The average Bonchev–Trinajstić information content (AvgIpc) is 2.98. The van der Waals surface area contributed by atoms with Crippen LogP contribution in [0, 0.1) is 18.6 Å². The van der Waals surface area contributed by atoms with Crippen LogP contribution in [0.5, 0.6) is 0 Å². The molecule has 1 N–H and O–H groups in total. The summed E-state index contributed by atoms with van der Waals surface area (Å²) in [4.78, 5) is 0. The molecule has 0 fully saturated rings. The fourth-order valence-corrected chi connectivity index (χ4v) is 2.88. The van der Waals surface area contributed by atoms with Gasteiger partial charge in [-0.3, -0.25) is 4.68 Å². The number of aromatic nitrogens is 5. The highest BCUT2D eigenvalue weighted by Gasteiger charge is 2.10. The third kappa shape index (κ3) is 3.04. The van der Waals surface area contributed by atoms with E-state index in [1.165, 1.54) is 0 Å². The quantitative estimate of drug-likeness (QED) is 0.548. The second-order valence-electron chi connectivity index (χ2n) is 5.13. The van der Waals surface area contributed by atoms with E-state index in [1.54, 1.807) is 10.9 Å². The molecule has 0 aliphatic rings. The largest absolute Gasteiger partial charge is 0.272 e. The van der Waals surface area contributed by atoms with Crippen LogP contribution in [0.15, 0.2) is 33.8 Å². The van der Waals surface area contributed by atoms with Gasteiger partial charge in [-0.1, -0.05) is 28.1 Å². The number of aromatic amines is 1. The minimum atomic E-state index is 0.440. The van der Waals surface area contributed by atoms with E-state index in [4.69, 9.17) is 12.2 Å². The number of hydrogen-bond donors (Lipinski definition) is 1. The standard InChI is InChI=1S/C15H15BrN6S/c1-9-13(10(2)21(3)20-9)8-17-22-14(18-19-15(22)23)11-5-4-6-12(16)7-11/h4-8H,1-3H3,(H,19,23). The van der Waals surface area contributed by atoms with Crippen LogP contribution in [0.4, 0.5) is 0 Å². The molecule has 0 amide bonds. The Bertz CT molecular complexity index is 949. The summed E-state index contributed by atoms with van der Waals surface area (Å²) in [6.07, 6.45) is 1.77. The molecule has 8 heteroatoms. The third-order valence-electron chi connectivity index (χ3n) is 3.60. The Hall–Kier alpha value is -2.06. The van der Waals surface area contributed by atoms with E-state index in [-0.39, 0.29) is 0 Å². The molecule has 0 aliphatic heterocycles. The molecule has 3 aromatic rings. The van der Waals surface area contributed by atoms with Gasteiger partial charge in [-0.05, 0) is 38.2 Å². The first-order valence-electron chi connectivity index (χ1n) is 6.95. The van der Waals surface area contributed by atoms with Gasteiger partial charge in [-0.25, -0.2) is 5.10 Å². The monoisotopic (exact) mass is 390 g/mol. The first kappa shape index (κ1) is 15.8. The van der Waals surface area contributed by atoms with E-state index in [2.05, 4.69) is 36.3 Å². The zero-order chi connectivity index (χ0) is 16.6. The first-order valence-corrected chi connectivity index (χ1v) is 8.15. The lowest BCUT2D eigenvalue weighted by atomic mass is 10.2. The van der Waals surface area contributed by atoms with Crippen LogP contribution in [-0.2, 0) is 7.05 Å². The van der Waals surface area contributed by atoms with Crippen molar-refractivity contribution in [2.45, 2.75) is 13.8 Å². The van der Waals surface area contributed by atoms with Crippen LogP contribution < -0.4 is 0 Å². The van der Waals surface area contributed by atoms with Gasteiger partial charge < -0.3 is 0 Å². The van der Waals surface area contributed by atoms with Crippen molar-refractivity contribution in [3.8, 4) is 11.4 Å². The Labute approximate surface area is 147 Å². The van der Waals surface area contributed by atoms with Crippen LogP contribution in [0.1, 0.15) is 17.0 Å². The van der Waals surface area contributed by atoms with Crippen molar-refractivity contribution in [2.75, 3.05) is 0 Å². The fourth-order valence-electron chi connectivity index (χ4n) is 2.31. The van der Waals surface area contributed by atoms with Gasteiger partial charge in [-0.15, -0.1) is 0 Å². The molecular weight excluding hydrogens is 376 g/mol. The van der Waals surface area contributed by atoms with E-state index >= 15 is 0 Å². The molecule has 6 nitrogen and oxygen atoms in total. The van der Waals surface area contributed by atoms with Crippen molar-refractivity contribution in [1.29, 1.82) is 0 Å². The normalized spacial score (nSPS) is 11.5. The van der Waals surface area contributed by atoms with Crippen molar-refractivity contribution in [3.05, 3.63) is 50.5 Å². The predicted octanol–water partition coefficient (Wildman–Crippen LogP) is 3.60. The molecule has 3 rings (SSSR count). The summed E-state index contributed by atoms with van der Waals surface area (Å²) in [5.41, 5.74) is 3.87. The number of halogens is 1. The molecule has 0 bridgehead atoms. The summed E-state index contributed by atoms with van der Waals surface area (Å²) in [6.45, 7) is 3.96. The van der Waals surface area contributed by atoms with E-state index in [0.717, 1.165) is 27.0 Å². The van der Waals surface area contributed by atoms with E-state index in [0.29, 0.717) is 10.6 Å². The number of H-pyrrole nitrogens is 1. The number of aryl methyl sites for hydroxylation is 2. The van der Waals surface area contributed by atoms with Gasteiger partial charge in [0.2, 0.25) is 4.77 Å². The number of nitrogens with zero attached hydrogens (tertiary/aromatic N) is 5. The molecule has 1 aromatic carbocycles. The van der Waals surface area contributed by atoms with Crippen molar-refractivity contribution >= 4 is 34.4 Å². The molecule has 0 atom stereocenters. The van der Waals surface area contributed by atoms with Crippen molar-refractivity contribution in [3.63, 3.8) is 0 Å². The molecule has 118 valence electrons. The van der Waals surface area contributed by atoms with Gasteiger partial charge >= 0.3 is 0 Å². The van der Waals surface area contributed by atoms with Gasteiger partial charge in [0.1, 0.15) is 0 Å². The Morgan fingerprint density at radius 2 is 2.13 bits per heavy atom. The van der Waals surface area contributed by atoms with Crippen molar-refractivity contribution in [2.24, 2.45) is 12.1 Å². The van der Waals surface area contributed by atoms with E-state index in [9.17, 15) is 0 Å². The smallest absolute Gasteiger partial charge is 0.216 e. The molecule has 0 radical (unpaired) electrons. The highest BCUT2D eigenvalue weighted by atomic mass is 79.9. The van der Waals surface area contributed by atoms with Crippen LogP contribution >= 0.6 is 28.1 Å². The van der Waals surface area contributed by atoms with Crippen LogP contribution in [0.25, 0.3) is 11.4 Å². The predicted molar refractivity (Wildman–Crippen MR) is 96.2 cm³/mol. The number of rotatable bonds is 3. The minimum Gasteiger partial charge on any atom is -0.272 e. The number of nitrogens with one attached hydrogen (secondary N) is 1. The molecule has 0 spiro atoms. The molecule has 23 heavy (non-hydrogen) atoms. The summed E-state index contributed by atoms with van der Waals surface area (Å²) in [5.74, 6) is 0.659. The van der Waals surface area contributed by atoms with Gasteiger partial charge in [0.15, 0.2) is 5.82 Å². The second-order valence-corrected chi connectivity index (χ2v) is 6.43. The summed E-state index contributed by atoms with van der Waals surface area (Å²) in [5, 5.41) is 16.0. The molecule has 2 heterocycles. The van der Waals surface area contributed by atoms with E-state index < -0.39 is 0 Å². The lowest BCUT2D eigenvalue weighted by Gasteiger charge is -2.01. The van der Waals surface area contributed by atoms with Crippen LogP contribution in [-0.4, -0.2) is 30.9 Å². The molecular formula is C15H15BrN6S. The highest BCUT2D eigenvalue weighted by Crippen LogP contribution is 2.21. The summed E-state index contributed by atoms with van der Waals surface area (Å²) in [7, 11) is 1.91. The zero-order valence-corrected chi connectivity index (χ0v) is 15.3. The van der Waals surface area contributed by atoms with Gasteiger partial charge in [0, 0.05) is 28.3 Å². The molecule has 0 saturated carbocycles. The number of hydrogen-bond acceptors (Lipinski definition) is 4. The Morgan fingerprint density at radius 1 is 1.35 bits per heavy atom. The topological polar surface area (TPSA) is 63.8 Å². The zero-order valence-electron chi connectivity index (χ0n) is 12.9. The molecule has 0 unspecified atom stereocenters. The summed E-state index contributed by atoms with van der Waals surface area (Å²) in [6, 6.07) is 7.83. The van der Waals surface area contributed by atoms with Crippen LogP contribution in [0.3, 0.4) is 0 Å². The second kappa shape index (κ2) is 6.21. The Morgan fingerprint density at radius 3 is 2.78 bits per heavy atom. The maximum absolute atomic E-state index is 5.29. The number of benzene rings is 1. The summed E-state index contributed by atoms with van der Waals surface area (Å²) >= 11 is 8.76. The van der Waals surface area contributed by atoms with Crippen molar-refractivity contribution in [1.82, 2.24) is 24.7 Å². The minimum absolute atomic E-state index is 0.440. The third-order valence-corrected chi connectivity index (χ3v) is 4.36. The van der Waals surface area contributed by atoms with Gasteiger partial charge in [0.25, 0.3) is 0 Å². The summed E-state index contributed by atoms with van der Waals surface area (Å²) < 4.78 is 4.86. The lowest BCUT2D eigenvalue weighted by molar-refractivity contribution is 0.731. The molecule has 2 aromatic heterocycles. The fraction of sp³-hybridized carbons (Fsp3) is 0.200. The Kier molecular flexibility index (Phi) is 4.27. The highest BCUT2D eigenvalue weighted by molar-refractivity contribution is 9.10. The SMILES string of the molecule is Cc1nn(C)c(C)c1C=Nn1c(-c2cccc(Br)c2)n[nH]c1=S. The van der Waals surface area contributed by atoms with Crippen LogP contribution in [0.2, 0.25) is 0 Å². The van der Waals surface area contributed by atoms with E-state index in [1.807, 2.05) is 49.8 Å². The molecule has 0 saturated heterocycles. The van der Waals surface area contributed by atoms with Crippen molar-refractivity contribution < 1.29 is 0 Å². The van der Waals surface area contributed by atoms with Gasteiger partial charge in [-0.2, -0.15) is 20.0 Å². The molecule has 0 aliphatic carbocycles. The van der Waals surface area contributed by atoms with Gasteiger partial charge in [0.05, 0.1) is 11.9 Å². The first-order chi connectivity index (χ1) is 11.0. The maximum atomic E-state index is 5.29.